The third-order valence-electron chi connectivity index (χ3n) is 5.44. The van der Waals surface area contributed by atoms with E-state index in [0.717, 1.165) is 32.1 Å². The molecular formula is C22H21ClFN3O4S2. The maximum Gasteiger partial charge on any atom is 0.280 e. The molecule has 1 fully saturated rings. The van der Waals surface area contributed by atoms with Crippen molar-refractivity contribution in [3.8, 4) is 16.9 Å². The molecule has 0 spiro atoms. The fraction of sp³-hybridized carbons (Fsp3) is 0.227. The van der Waals surface area contributed by atoms with E-state index in [0.29, 0.717) is 0 Å². The Balaban J connectivity index is 1.55. The molecule has 11 heteroatoms. The Labute approximate surface area is 200 Å². The standard InChI is InChI=1S/C22H21ClFN3O4S2/c1-27-20(22(28)25-15-5-8-18(24)17(23)10-15)11-19(26-33(27,29)30)21-9-14(12-32-21)13-3-6-16(31-2)7-4-13/h3-10,12,19-20,26H,11H2,1-2H3,(H,25,28). The topological polar surface area (TPSA) is 87.7 Å². The van der Waals surface area contributed by atoms with E-state index in [-0.39, 0.29) is 17.1 Å². The number of carbonyl (C=O) groups is 1. The first-order valence-electron chi connectivity index (χ1n) is 9.92. The fourth-order valence-corrected chi connectivity index (χ4v) is 6.07. The van der Waals surface area contributed by atoms with E-state index >= 15 is 0 Å². The van der Waals surface area contributed by atoms with Crippen molar-refractivity contribution in [2.45, 2.75) is 18.5 Å². The molecule has 0 bridgehead atoms. The monoisotopic (exact) mass is 509 g/mol. The molecule has 1 saturated heterocycles. The molecule has 1 amide bonds. The first kappa shape index (κ1) is 23.7. The number of halogens is 2. The molecule has 0 radical (unpaired) electrons. The van der Waals surface area contributed by atoms with Crippen LogP contribution >= 0.6 is 22.9 Å². The van der Waals surface area contributed by atoms with Gasteiger partial charge in [0.1, 0.15) is 17.6 Å². The lowest BCUT2D eigenvalue weighted by molar-refractivity contribution is -0.120. The summed E-state index contributed by atoms with van der Waals surface area (Å²) in [5, 5.41) is 4.44. The summed E-state index contributed by atoms with van der Waals surface area (Å²) in [6.45, 7) is 0. The molecule has 4 rings (SSSR count). The van der Waals surface area contributed by atoms with Gasteiger partial charge in [0.2, 0.25) is 5.91 Å². The second-order valence-corrected chi connectivity index (χ2v) is 10.6. The van der Waals surface area contributed by atoms with Crippen LogP contribution in [0.4, 0.5) is 10.1 Å². The van der Waals surface area contributed by atoms with Crippen LogP contribution in [0.3, 0.4) is 0 Å². The smallest absolute Gasteiger partial charge is 0.280 e. The van der Waals surface area contributed by atoms with Gasteiger partial charge in [0.25, 0.3) is 10.2 Å². The maximum absolute atomic E-state index is 13.4. The van der Waals surface area contributed by atoms with Gasteiger partial charge in [0.15, 0.2) is 0 Å². The summed E-state index contributed by atoms with van der Waals surface area (Å²) in [6, 6.07) is 11.7. The predicted octanol–water partition coefficient (Wildman–Crippen LogP) is 4.43. The lowest BCUT2D eigenvalue weighted by atomic mass is 10.0. The van der Waals surface area contributed by atoms with Crippen LogP contribution in [-0.4, -0.2) is 38.8 Å². The lowest BCUT2D eigenvalue weighted by Crippen LogP contribution is -2.55. The predicted molar refractivity (Wildman–Crippen MR) is 127 cm³/mol. The third kappa shape index (κ3) is 5.04. The van der Waals surface area contributed by atoms with Gasteiger partial charge in [-0.05, 0) is 59.3 Å². The van der Waals surface area contributed by atoms with Crippen molar-refractivity contribution < 1.29 is 22.3 Å². The van der Waals surface area contributed by atoms with Gasteiger partial charge < -0.3 is 10.1 Å². The summed E-state index contributed by atoms with van der Waals surface area (Å²) in [5.41, 5.74) is 2.19. The van der Waals surface area contributed by atoms with Crippen LogP contribution in [0.2, 0.25) is 5.02 Å². The van der Waals surface area contributed by atoms with Crippen molar-refractivity contribution in [1.29, 1.82) is 0 Å². The van der Waals surface area contributed by atoms with Crippen molar-refractivity contribution in [1.82, 2.24) is 9.03 Å². The summed E-state index contributed by atoms with van der Waals surface area (Å²) in [6.07, 6.45) is 0.221. The van der Waals surface area contributed by atoms with E-state index in [1.165, 1.54) is 30.5 Å². The molecule has 2 heterocycles. The number of nitrogens with zero attached hydrogens (tertiary/aromatic N) is 1. The van der Waals surface area contributed by atoms with Gasteiger partial charge in [0.05, 0.1) is 18.2 Å². The minimum Gasteiger partial charge on any atom is -0.497 e. The highest BCUT2D eigenvalue weighted by atomic mass is 35.5. The van der Waals surface area contributed by atoms with Crippen LogP contribution in [0.25, 0.3) is 11.1 Å². The molecule has 1 aliphatic heterocycles. The van der Waals surface area contributed by atoms with E-state index < -0.39 is 34.0 Å². The fourth-order valence-electron chi connectivity index (χ4n) is 3.57. The van der Waals surface area contributed by atoms with Crippen LogP contribution in [-0.2, 0) is 15.0 Å². The van der Waals surface area contributed by atoms with E-state index in [4.69, 9.17) is 16.3 Å². The van der Waals surface area contributed by atoms with Crippen molar-refractivity contribution in [2.75, 3.05) is 19.5 Å². The number of methoxy groups -OCH3 is 1. The highest BCUT2D eigenvalue weighted by molar-refractivity contribution is 7.87. The van der Waals surface area contributed by atoms with Crippen LogP contribution in [0, 0.1) is 5.82 Å². The molecule has 0 saturated carbocycles. The normalized spacial score (nSPS) is 20.4. The van der Waals surface area contributed by atoms with E-state index in [9.17, 15) is 17.6 Å². The minimum absolute atomic E-state index is 0.137. The molecule has 7 nitrogen and oxygen atoms in total. The molecule has 2 unspecified atom stereocenters. The number of amides is 1. The average molecular weight is 510 g/mol. The van der Waals surface area contributed by atoms with Gasteiger partial charge in [0, 0.05) is 17.6 Å². The molecule has 1 aromatic heterocycles. The quantitative estimate of drug-likeness (QED) is 0.532. The molecule has 33 heavy (non-hydrogen) atoms. The lowest BCUT2D eigenvalue weighted by Gasteiger charge is -2.35. The second kappa shape index (κ2) is 9.40. The van der Waals surface area contributed by atoms with E-state index in [1.54, 1.807) is 7.11 Å². The summed E-state index contributed by atoms with van der Waals surface area (Å²) in [4.78, 5) is 13.7. The zero-order valence-electron chi connectivity index (χ0n) is 17.7. The van der Waals surface area contributed by atoms with Gasteiger partial charge in [-0.2, -0.15) is 17.4 Å². The second-order valence-electron chi connectivity index (χ2n) is 7.53. The van der Waals surface area contributed by atoms with Crippen LogP contribution in [0.15, 0.2) is 53.9 Å². The Kier molecular flexibility index (Phi) is 6.73. The highest BCUT2D eigenvalue weighted by Crippen LogP contribution is 2.35. The number of carbonyl (C=O) groups excluding carboxylic acids is 1. The minimum atomic E-state index is -3.90. The number of benzene rings is 2. The number of rotatable bonds is 5. The third-order valence-corrected chi connectivity index (χ3v) is 8.38. The van der Waals surface area contributed by atoms with Gasteiger partial charge in [-0.3, -0.25) is 4.79 Å². The molecular weight excluding hydrogens is 489 g/mol. The number of thiophene rings is 1. The summed E-state index contributed by atoms with van der Waals surface area (Å²) >= 11 is 7.20. The van der Waals surface area contributed by atoms with Crippen molar-refractivity contribution in [2.24, 2.45) is 0 Å². The first-order valence-corrected chi connectivity index (χ1v) is 12.6. The zero-order chi connectivity index (χ0) is 23.8. The summed E-state index contributed by atoms with van der Waals surface area (Å²) < 4.78 is 47.7. The number of nitrogens with one attached hydrogen (secondary N) is 2. The SMILES string of the molecule is COc1ccc(-c2csc(C3CC(C(=O)Nc4ccc(F)c(Cl)c4)N(C)S(=O)(=O)N3)c2)cc1. The Bertz CT molecular complexity index is 1280. The van der Waals surface area contributed by atoms with Crippen LogP contribution in [0.1, 0.15) is 17.3 Å². The van der Waals surface area contributed by atoms with Crippen LogP contribution in [0.5, 0.6) is 5.75 Å². The van der Waals surface area contributed by atoms with Crippen molar-refractivity contribution in [3.63, 3.8) is 0 Å². The summed E-state index contributed by atoms with van der Waals surface area (Å²) in [5.74, 6) is -0.391. The Hall–Kier alpha value is -2.50. The molecule has 2 atom stereocenters. The summed E-state index contributed by atoms with van der Waals surface area (Å²) in [7, 11) is -0.955. The molecule has 3 aromatic rings. The first-order chi connectivity index (χ1) is 15.7. The van der Waals surface area contributed by atoms with Gasteiger partial charge in [-0.1, -0.05) is 23.7 Å². The van der Waals surface area contributed by atoms with Gasteiger partial charge in [-0.25, -0.2) is 4.39 Å². The van der Waals surface area contributed by atoms with Crippen molar-refractivity contribution in [3.05, 3.63) is 69.6 Å². The van der Waals surface area contributed by atoms with Gasteiger partial charge in [-0.15, -0.1) is 11.3 Å². The number of hydrogen-bond donors (Lipinski definition) is 2. The van der Waals surface area contributed by atoms with Gasteiger partial charge >= 0.3 is 0 Å². The molecule has 1 aliphatic rings. The van der Waals surface area contributed by atoms with Crippen molar-refractivity contribution >= 4 is 44.7 Å². The van der Waals surface area contributed by atoms with E-state index in [1.807, 2.05) is 35.7 Å². The Morgan fingerprint density at radius 3 is 2.61 bits per heavy atom. The number of anilines is 1. The Morgan fingerprint density at radius 2 is 1.94 bits per heavy atom. The molecule has 2 N–H and O–H groups in total. The largest absolute Gasteiger partial charge is 0.497 e. The number of hydrogen-bond acceptors (Lipinski definition) is 5. The zero-order valence-corrected chi connectivity index (χ0v) is 20.1. The number of ether oxygens (including phenoxy) is 1. The molecule has 0 aliphatic carbocycles. The molecule has 2 aromatic carbocycles. The maximum atomic E-state index is 13.4. The average Bonchev–Trinajstić information content (AvgIpc) is 3.28. The molecule has 174 valence electrons. The number of likely N-dealkylation sites (N-methyl/N-ethyl adjacent to an activating group) is 1. The Morgan fingerprint density at radius 1 is 1.21 bits per heavy atom. The van der Waals surface area contributed by atoms with Crippen LogP contribution < -0.4 is 14.8 Å². The highest BCUT2D eigenvalue weighted by Gasteiger charge is 2.41. The van der Waals surface area contributed by atoms with E-state index in [2.05, 4.69) is 10.0 Å².